The van der Waals surface area contributed by atoms with Gasteiger partial charge in [0.2, 0.25) is 5.91 Å². The van der Waals surface area contributed by atoms with Crippen molar-refractivity contribution in [1.29, 1.82) is 0 Å². The van der Waals surface area contributed by atoms with Crippen LogP contribution in [0, 0.1) is 0 Å². The lowest BCUT2D eigenvalue weighted by atomic mass is 10.1. The number of anilines is 1. The normalized spacial score (nSPS) is 10.8. The summed E-state index contributed by atoms with van der Waals surface area (Å²) in [6, 6.07) is 9.38. The molecule has 0 aliphatic heterocycles. The minimum absolute atomic E-state index is 0.00905. The number of hydrogen-bond acceptors (Lipinski definition) is 2. The summed E-state index contributed by atoms with van der Waals surface area (Å²) in [5, 5.41) is 4.68. The monoisotopic (exact) mass is 313 g/mol. The van der Waals surface area contributed by atoms with E-state index in [2.05, 4.69) is 21.1 Å². The van der Waals surface area contributed by atoms with E-state index in [1.54, 1.807) is 24.5 Å². The zero-order valence-electron chi connectivity index (χ0n) is 12.2. The molecule has 2 heterocycles. The average molecular weight is 314 g/mol. The first-order valence-electron chi connectivity index (χ1n) is 7.07. The molecule has 3 rings (SSSR count). The fourth-order valence-corrected chi connectivity index (χ4v) is 2.72. The first kappa shape index (κ1) is 14.6. The van der Waals surface area contributed by atoms with Crippen LogP contribution in [0.15, 0.2) is 48.9 Å². The van der Waals surface area contributed by atoms with Gasteiger partial charge in [0.05, 0.1) is 0 Å². The topological polar surface area (TPSA) is 46.9 Å². The van der Waals surface area contributed by atoms with E-state index in [9.17, 15) is 4.79 Å². The molecule has 1 N–H and O–H groups in total. The maximum Gasteiger partial charge on any atom is 0.224 e. The van der Waals surface area contributed by atoms with Gasteiger partial charge in [-0.2, -0.15) is 0 Å². The van der Waals surface area contributed by atoms with Crippen LogP contribution in [0.1, 0.15) is 12.0 Å². The Labute approximate surface area is 133 Å². The molecule has 0 atom stereocenters. The van der Waals surface area contributed by atoms with Crippen molar-refractivity contribution in [3.05, 3.63) is 59.5 Å². The van der Waals surface area contributed by atoms with Crippen molar-refractivity contribution in [2.45, 2.75) is 12.8 Å². The van der Waals surface area contributed by atoms with Gasteiger partial charge in [0.1, 0.15) is 0 Å². The maximum atomic E-state index is 12.0. The number of amides is 1. The van der Waals surface area contributed by atoms with Gasteiger partial charge in [-0.1, -0.05) is 11.6 Å². The second-order valence-corrected chi connectivity index (χ2v) is 5.65. The molecule has 1 amide bonds. The second kappa shape index (κ2) is 6.20. The molecule has 2 aromatic heterocycles. The van der Waals surface area contributed by atoms with E-state index in [0.29, 0.717) is 17.9 Å². The average Bonchev–Trinajstić information content (AvgIpc) is 2.82. The van der Waals surface area contributed by atoms with E-state index in [1.165, 1.54) is 0 Å². The highest BCUT2D eigenvalue weighted by molar-refractivity contribution is 6.31. The number of rotatable bonds is 4. The van der Waals surface area contributed by atoms with Crippen molar-refractivity contribution in [2.75, 3.05) is 5.32 Å². The molecule has 0 saturated heterocycles. The molecular formula is C17H16ClN3O. The minimum atomic E-state index is -0.00905. The molecule has 0 spiro atoms. The molecule has 22 heavy (non-hydrogen) atoms. The summed E-state index contributed by atoms with van der Waals surface area (Å²) in [7, 11) is 2.00. The van der Waals surface area contributed by atoms with Crippen molar-refractivity contribution in [2.24, 2.45) is 7.05 Å². The highest BCUT2D eigenvalue weighted by atomic mass is 35.5. The standard InChI is InChI=1S/C17H16ClN3O/c1-21-11-12(15-10-13(18)3-4-16(15)21)2-5-17(22)20-14-6-8-19-9-7-14/h3-4,6-11H,2,5H2,1H3,(H,19,20,22). The molecular weight excluding hydrogens is 298 g/mol. The summed E-state index contributed by atoms with van der Waals surface area (Å²) >= 11 is 6.08. The lowest BCUT2D eigenvalue weighted by Gasteiger charge is -2.04. The van der Waals surface area contributed by atoms with Crippen LogP contribution >= 0.6 is 11.6 Å². The fraction of sp³-hybridized carbons (Fsp3) is 0.176. The molecule has 1 aromatic carbocycles. The van der Waals surface area contributed by atoms with Crippen LogP contribution in [-0.4, -0.2) is 15.5 Å². The highest BCUT2D eigenvalue weighted by Crippen LogP contribution is 2.25. The molecule has 112 valence electrons. The van der Waals surface area contributed by atoms with E-state index in [4.69, 9.17) is 11.6 Å². The largest absolute Gasteiger partial charge is 0.350 e. The molecule has 0 radical (unpaired) electrons. The molecule has 0 fully saturated rings. The molecule has 0 bridgehead atoms. The highest BCUT2D eigenvalue weighted by Gasteiger charge is 2.09. The Hall–Kier alpha value is -2.33. The number of aryl methyl sites for hydroxylation is 2. The molecule has 0 aliphatic carbocycles. The lowest BCUT2D eigenvalue weighted by Crippen LogP contribution is -2.12. The molecule has 0 unspecified atom stereocenters. The molecule has 4 nitrogen and oxygen atoms in total. The first-order valence-corrected chi connectivity index (χ1v) is 7.44. The van der Waals surface area contributed by atoms with Gasteiger partial charge in [-0.25, -0.2) is 0 Å². The van der Waals surface area contributed by atoms with Gasteiger partial charge in [-0.3, -0.25) is 9.78 Å². The molecule has 0 saturated carbocycles. The number of carbonyl (C=O) groups is 1. The summed E-state index contributed by atoms with van der Waals surface area (Å²) in [6.45, 7) is 0. The number of halogens is 1. The third-order valence-corrected chi connectivity index (χ3v) is 3.85. The third kappa shape index (κ3) is 3.12. The number of hydrogen-bond donors (Lipinski definition) is 1. The Balaban J connectivity index is 1.71. The molecule has 5 heteroatoms. The van der Waals surface area contributed by atoms with Gasteiger partial charge < -0.3 is 9.88 Å². The van der Waals surface area contributed by atoms with Crippen molar-refractivity contribution >= 4 is 34.1 Å². The molecule has 3 aromatic rings. The SMILES string of the molecule is Cn1cc(CCC(=O)Nc2ccncc2)c2cc(Cl)ccc21. The zero-order chi connectivity index (χ0) is 15.5. The zero-order valence-corrected chi connectivity index (χ0v) is 13.0. The van der Waals surface area contributed by atoms with E-state index in [0.717, 1.165) is 22.2 Å². The van der Waals surface area contributed by atoms with Crippen LogP contribution in [0.25, 0.3) is 10.9 Å². The Bertz CT molecular complexity index is 811. The Morgan fingerprint density at radius 3 is 2.82 bits per heavy atom. The van der Waals surface area contributed by atoms with Crippen molar-refractivity contribution in [3.8, 4) is 0 Å². The predicted molar refractivity (Wildman–Crippen MR) is 89.1 cm³/mol. The van der Waals surface area contributed by atoms with Crippen LogP contribution in [0.5, 0.6) is 0 Å². The Kier molecular flexibility index (Phi) is 4.11. The number of fused-ring (bicyclic) bond motifs is 1. The van der Waals surface area contributed by atoms with Gasteiger partial charge in [-0.05, 0) is 42.3 Å². The van der Waals surface area contributed by atoms with Gasteiger partial charge in [-0.15, -0.1) is 0 Å². The van der Waals surface area contributed by atoms with Crippen molar-refractivity contribution in [1.82, 2.24) is 9.55 Å². The maximum absolute atomic E-state index is 12.0. The minimum Gasteiger partial charge on any atom is -0.350 e. The van der Waals surface area contributed by atoms with Crippen LogP contribution in [0.4, 0.5) is 5.69 Å². The van der Waals surface area contributed by atoms with Crippen molar-refractivity contribution in [3.63, 3.8) is 0 Å². The van der Waals surface area contributed by atoms with Crippen LogP contribution in [-0.2, 0) is 18.3 Å². The van der Waals surface area contributed by atoms with E-state index < -0.39 is 0 Å². The number of carbonyl (C=O) groups excluding carboxylic acids is 1. The first-order chi connectivity index (χ1) is 10.6. The van der Waals surface area contributed by atoms with Crippen molar-refractivity contribution < 1.29 is 4.79 Å². The second-order valence-electron chi connectivity index (χ2n) is 5.21. The Morgan fingerprint density at radius 1 is 1.27 bits per heavy atom. The lowest BCUT2D eigenvalue weighted by molar-refractivity contribution is -0.116. The van der Waals surface area contributed by atoms with Crippen LogP contribution < -0.4 is 5.32 Å². The quantitative estimate of drug-likeness (QED) is 0.796. The van der Waals surface area contributed by atoms with E-state index in [1.807, 2.05) is 25.2 Å². The predicted octanol–water partition coefficient (Wildman–Crippen LogP) is 3.80. The summed E-state index contributed by atoms with van der Waals surface area (Å²) in [6.07, 6.45) is 6.47. The van der Waals surface area contributed by atoms with Gasteiger partial charge in [0.15, 0.2) is 0 Å². The van der Waals surface area contributed by atoms with E-state index >= 15 is 0 Å². The summed E-state index contributed by atoms with van der Waals surface area (Å²) in [5.41, 5.74) is 3.01. The number of nitrogens with zero attached hydrogens (tertiary/aromatic N) is 2. The number of pyridine rings is 1. The third-order valence-electron chi connectivity index (χ3n) is 3.62. The molecule has 0 aliphatic rings. The fourth-order valence-electron chi connectivity index (χ4n) is 2.55. The smallest absolute Gasteiger partial charge is 0.224 e. The van der Waals surface area contributed by atoms with Crippen LogP contribution in [0.3, 0.4) is 0 Å². The van der Waals surface area contributed by atoms with Gasteiger partial charge >= 0.3 is 0 Å². The Morgan fingerprint density at radius 2 is 2.05 bits per heavy atom. The van der Waals surface area contributed by atoms with Gasteiger partial charge in [0, 0.05) is 53.7 Å². The number of nitrogens with one attached hydrogen (secondary N) is 1. The van der Waals surface area contributed by atoms with Crippen LogP contribution in [0.2, 0.25) is 5.02 Å². The summed E-state index contributed by atoms with van der Waals surface area (Å²) < 4.78 is 2.06. The summed E-state index contributed by atoms with van der Waals surface area (Å²) in [4.78, 5) is 16.0. The van der Waals surface area contributed by atoms with Gasteiger partial charge in [0.25, 0.3) is 0 Å². The number of benzene rings is 1. The number of aromatic nitrogens is 2. The summed E-state index contributed by atoms with van der Waals surface area (Å²) in [5.74, 6) is -0.00905. The van der Waals surface area contributed by atoms with E-state index in [-0.39, 0.29) is 5.91 Å².